The molecule has 0 radical (unpaired) electrons. The van der Waals surface area contributed by atoms with Gasteiger partial charge in [-0.15, -0.1) is 5.10 Å². The van der Waals surface area contributed by atoms with Gasteiger partial charge in [-0.25, -0.2) is 4.68 Å². The minimum atomic E-state index is 0.338. The van der Waals surface area contributed by atoms with Crippen LogP contribution >= 0.6 is 23.2 Å². The summed E-state index contributed by atoms with van der Waals surface area (Å²) in [5, 5.41) is 12.6. The number of fused-ring (bicyclic) bond motifs is 1. The summed E-state index contributed by atoms with van der Waals surface area (Å²) < 4.78 is 1.84. The number of aromatic nitrogens is 3. The molecule has 2 atom stereocenters. The van der Waals surface area contributed by atoms with Crippen molar-refractivity contribution in [2.24, 2.45) is 0 Å². The Hall–Kier alpha value is -1.88. The number of halogens is 2. The first-order chi connectivity index (χ1) is 12.7. The lowest BCUT2D eigenvalue weighted by Crippen LogP contribution is -2.24. The highest BCUT2D eigenvalue weighted by molar-refractivity contribution is 6.42. The monoisotopic (exact) mass is 386 g/mol. The molecule has 0 spiro atoms. The lowest BCUT2D eigenvalue weighted by Gasteiger charge is -2.32. The minimum Gasteiger partial charge on any atom is -0.313 e. The van der Waals surface area contributed by atoms with Gasteiger partial charge in [-0.2, -0.15) is 0 Å². The molecule has 2 aromatic carbocycles. The second kappa shape index (κ2) is 7.39. The van der Waals surface area contributed by atoms with Crippen molar-refractivity contribution in [2.75, 3.05) is 7.05 Å². The second-order valence-corrected chi connectivity index (χ2v) is 7.52. The van der Waals surface area contributed by atoms with E-state index in [0.717, 1.165) is 19.4 Å². The van der Waals surface area contributed by atoms with Crippen molar-refractivity contribution in [2.45, 2.75) is 31.3 Å². The van der Waals surface area contributed by atoms with Crippen LogP contribution in [0.3, 0.4) is 0 Å². The summed E-state index contributed by atoms with van der Waals surface area (Å²) in [6.45, 7) is 0.723. The van der Waals surface area contributed by atoms with Crippen LogP contribution in [0, 0.1) is 0 Å². The number of nitrogens with one attached hydrogen (secondary N) is 1. The Balaban J connectivity index is 1.72. The van der Waals surface area contributed by atoms with Gasteiger partial charge in [0.25, 0.3) is 0 Å². The summed E-state index contributed by atoms with van der Waals surface area (Å²) in [4.78, 5) is 0. The van der Waals surface area contributed by atoms with Gasteiger partial charge in [0.2, 0.25) is 0 Å². The van der Waals surface area contributed by atoms with Gasteiger partial charge >= 0.3 is 0 Å². The van der Waals surface area contributed by atoms with E-state index in [1.165, 1.54) is 22.3 Å². The molecular weight excluding hydrogens is 367 g/mol. The van der Waals surface area contributed by atoms with E-state index in [0.29, 0.717) is 22.0 Å². The average molecular weight is 387 g/mol. The number of hydrogen-bond donors (Lipinski definition) is 1. The summed E-state index contributed by atoms with van der Waals surface area (Å²) in [6, 6.07) is 13.1. The third kappa shape index (κ3) is 3.37. The van der Waals surface area contributed by atoms with E-state index >= 15 is 0 Å². The molecule has 0 fully saturated rings. The van der Waals surface area contributed by atoms with Gasteiger partial charge in [-0.1, -0.05) is 52.7 Å². The van der Waals surface area contributed by atoms with Gasteiger partial charge < -0.3 is 5.32 Å². The molecule has 1 aliphatic carbocycles. The Morgan fingerprint density at radius 3 is 2.69 bits per heavy atom. The molecule has 0 saturated heterocycles. The molecule has 4 rings (SSSR count). The average Bonchev–Trinajstić information content (AvgIpc) is 3.16. The molecule has 1 aliphatic rings. The number of hydrogen-bond acceptors (Lipinski definition) is 3. The first-order valence-corrected chi connectivity index (χ1v) is 9.50. The van der Waals surface area contributed by atoms with Crippen LogP contribution in [0.4, 0.5) is 0 Å². The normalized spacial score (nSPS) is 19.3. The standard InChI is InChI=1S/C20H20Cl2N4/c1-23-20-7-5-15(14-3-6-18(21)19(22)11-14)16-4-2-13(10-17(16)20)12-26-9-8-24-25-26/h2-4,6,8-11,15,20,23H,5,7,12H2,1H3/t15-,20-/m0/s1. The Labute approximate surface area is 163 Å². The topological polar surface area (TPSA) is 42.7 Å². The van der Waals surface area contributed by atoms with Gasteiger partial charge in [0.1, 0.15) is 0 Å². The fourth-order valence-electron chi connectivity index (χ4n) is 3.87. The first-order valence-electron chi connectivity index (χ1n) is 8.74. The zero-order valence-corrected chi connectivity index (χ0v) is 16.0. The van der Waals surface area contributed by atoms with E-state index in [9.17, 15) is 0 Å². The van der Waals surface area contributed by atoms with E-state index in [2.05, 4.69) is 39.9 Å². The Morgan fingerprint density at radius 2 is 1.96 bits per heavy atom. The molecule has 1 aromatic heterocycles. The largest absolute Gasteiger partial charge is 0.313 e. The lowest BCUT2D eigenvalue weighted by molar-refractivity contribution is 0.470. The number of rotatable bonds is 4. The van der Waals surface area contributed by atoms with Crippen LogP contribution in [-0.2, 0) is 6.54 Å². The van der Waals surface area contributed by atoms with Crippen molar-refractivity contribution < 1.29 is 0 Å². The lowest BCUT2D eigenvalue weighted by atomic mass is 9.76. The maximum Gasteiger partial charge on any atom is 0.0693 e. The van der Waals surface area contributed by atoms with E-state index in [1.54, 1.807) is 6.20 Å². The molecule has 0 amide bonds. The molecule has 0 unspecified atom stereocenters. The second-order valence-electron chi connectivity index (χ2n) is 6.71. The van der Waals surface area contributed by atoms with Crippen molar-refractivity contribution in [3.63, 3.8) is 0 Å². The Bertz CT molecular complexity index is 908. The highest BCUT2D eigenvalue weighted by atomic mass is 35.5. The minimum absolute atomic E-state index is 0.338. The van der Waals surface area contributed by atoms with Crippen LogP contribution in [0.15, 0.2) is 48.8 Å². The molecule has 1 heterocycles. The van der Waals surface area contributed by atoms with Gasteiger partial charge in [0, 0.05) is 18.2 Å². The summed E-state index contributed by atoms with van der Waals surface area (Å²) in [5.41, 5.74) is 5.16. The highest BCUT2D eigenvalue weighted by Crippen LogP contribution is 2.42. The molecule has 6 heteroatoms. The summed E-state index contributed by atoms with van der Waals surface area (Å²) in [6.07, 6.45) is 5.75. The van der Waals surface area contributed by atoms with Crippen LogP contribution in [-0.4, -0.2) is 22.0 Å². The highest BCUT2D eigenvalue weighted by Gasteiger charge is 2.28. The molecule has 0 bridgehead atoms. The van der Waals surface area contributed by atoms with Gasteiger partial charge in [0.15, 0.2) is 0 Å². The van der Waals surface area contributed by atoms with Crippen LogP contribution in [0.25, 0.3) is 0 Å². The predicted molar refractivity (Wildman–Crippen MR) is 105 cm³/mol. The van der Waals surface area contributed by atoms with Crippen molar-refractivity contribution in [3.05, 3.63) is 81.1 Å². The molecule has 1 N–H and O–H groups in total. The first kappa shape index (κ1) is 17.5. The van der Waals surface area contributed by atoms with E-state index < -0.39 is 0 Å². The molecular formula is C20H20Cl2N4. The molecule has 0 saturated carbocycles. The van der Waals surface area contributed by atoms with E-state index in [-0.39, 0.29) is 0 Å². The Kier molecular flexibility index (Phi) is 4.98. The third-order valence-corrected chi connectivity index (χ3v) is 5.90. The maximum atomic E-state index is 6.26. The van der Waals surface area contributed by atoms with Crippen molar-refractivity contribution in [1.29, 1.82) is 0 Å². The van der Waals surface area contributed by atoms with Gasteiger partial charge in [-0.3, -0.25) is 0 Å². The molecule has 3 aromatic rings. The van der Waals surface area contributed by atoms with Gasteiger partial charge in [-0.05, 0) is 54.3 Å². The van der Waals surface area contributed by atoms with E-state index in [1.807, 2.05) is 30.1 Å². The fourth-order valence-corrected chi connectivity index (χ4v) is 4.17. The zero-order chi connectivity index (χ0) is 18.1. The van der Waals surface area contributed by atoms with E-state index in [4.69, 9.17) is 23.2 Å². The molecule has 4 nitrogen and oxygen atoms in total. The summed E-state index contributed by atoms with van der Waals surface area (Å²) >= 11 is 12.4. The third-order valence-electron chi connectivity index (χ3n) is 5.16. The zero-order valence-electron chi connectivity index (χ0n) is 14.5. The predicted octanol–water partition coefficient (Wildman–Crippen LogP) is 4.82. The summed E-state index contributed by atoms with van der Waals surface area (Å²) in [7, 11) is 2.03. The van der Waals surface area contributed by atoms with Crippen LogP contribution in [0.1, 0.15) is 47.1 Å². The fraction of sp³-hybridized carbons (Fsp3) is 0.300. The molecule has 26 heavy (non-hydrogen) atoms. The van der Waals surface area contributed by atoms with Crippen LogP contribution < -0.4 is 5.32 Å². The SMILES string of the molecule is CN[C@H]1CC[C@@H](c2ccc(Cl)c(Cl)c2)c2ccc(Cn3ccnn3)cc21. The maximum absolute atomic E-state index is 6.26. The molecule has 0 aliphatic heterocycles. The van der Waals surface area contributed by atoms with Crippen molar-refractivity contribution >= 4 is 23.2 Å². The van der Waals surface area contributed by atoms with Crippen LogP contribution in [0.5, 0.6) is 0 Å². The summed E-state index contributed by atoms with van der Waals surface area (Å²) in [5.74, 6) is 0.338. The Morgan fingerprint density at radius 1 is 1.08 bits per heavy atom. The van der Waals surface area contributed by atoms with Crippen molar-refractivity contribution in [1.82, 2.24) is 20.3 Å². The number of benzene rings is 2. The smallest absolute Gasteiger partial charge is 0.0693 e. The van der Waals surface area contributed by atoms with Crippen molar-refractivity contribution in [3.8, 4) is 0 Å². The van der Waals surface area contributed by atoms with Crippen LogP contribution in [0.2, 0.25) is 10.0 Å². The number of nitrogens with zero attached hydrogens (tertiary/aromatic N) is 3. The molecule has 134 valence electrons. The van der Waals surface area contributed by atoms with Gasteiger partial charge in [0.05, 0.1) is 22.8 Å². The quantitative estimate of drug-likeness (QED) is 0.698.